The Morgan fingerprint density at radius 3 is 0.870 bits per heavy atom. The van der Waals surface area contributed by atoms with Gasteiger partial charge in [0.1, 0.15) is 0 Å². The van der Waals surface area contributed by atoms with E-state index in [1.807, 2.05) is 0 Å². The summed E-state index contributed by atoms with van der Waals surface area (Å²) in [5.74, 6) is -82.5. The van der Waals surface area contributed by atoms with Gasteiger partial charge >= 0.3 is 90.4 Å². The number of halogens is 26. The van der Waals surface area contributed by atoms with Crippen molar-refractivity contribution in [3.8, 4) is 0 Å². The minimum atomic E-state index is -8.44. The standard InChI is InChI=1S/C20H17F26NO5S.Li/c21-9(22,11(25,26)13(29,30)15(33,34)17(37,38)19(41,42)43)3-7(48)5-47(1-2-53(50,51)52)6-8(49)4-10(23,24)12(27,28)14(31,32)16(35,36)18(39,40)20(44,45)46;/h7-8,48-49H,1-6H2,(H,50,51,52);/q;+1/p-1. The molecule has 0 saturated heterocycles. The van der Waals surface area contributed by atoms with Crippen LogP contribution >= 0.6 is 0 Å². The monoisotopic (exact) mass is 883 g/mol. The average molecular weight is 883 g/mol. The van der Waals surface area contributed by atoms with Crippen molar-refractivity contribution in [2.24, 2.45) is 0 Å². The van der Waals surface area contributed by atoms with Crippen LogP contribution in [0.3, 0.4) is 0 Å². The molecule has 0 bridgehead atoms. The first-order valence-corrected chi connectivity index (χ1v) is 14.1. The molecular formula is C20H16F26LiNO5S. The second-order valence-corrected chi connectivity index (χ2v) is 12.3. The van der Waals surface area contributed by atoms with Gasteiger partial charge < -0.3 is 14.8 Å². The Labute approximate surface area is 293 Å². The van der Waals surface area contributed by atoms with Crippen LogP contribution in [0.5, 0.6) is 0 Å². The van der Waals surface area contributed by atoms with Crippen molar-refractivity contribution in [2.45, 2.75) is 96.6 Å². The molecule has 34 heteroatoms. The summed E-state index contributed by atoms with van der Waals surface area (Å²) in [6.45, 7) is -6.54. The van der Waals surface area contributed by atoms with Crippen molar-refractivity contribution in [2.75, 3.05) is 25.4 Å². The van der Waals surface area contributed by atoms with Crippen molar-refractivity contribution >= 4 is 10.1 Å². The number of hydrogen-bond acceptors (Lipinski definition) is 6. The quantitative estimate of drug-likeness (QED) is 0.116. The maximum atomic E-state index is 14.1. The molecule has 0 fully saturated rings. The van der Waals surface area contributed by atoms with E-state index in [0.717, 1.165) is 0 Å². The van der Waals surface area contributed by atoms with E-state index in [-0.39, 0.29) is 18.9 Å². The van der Waals surface area contributed by atoms with E-state index in [4.69, 9.17) is 0 Å². The minimum absolute atomic E-state index is 0. The first kappa shape index (κ1) is 54.7. The van der Waals surface area contributed by atoms with E-state index in [0.29, 0.717) is 0 Å². The minimum Gasteiger partial charge on any atom is -0.748 e. The predicted octanol–water partition coefficient (Wildman–Crippen LogP) is 3.82. The van der Waals surface area contributed by atoms with E-state index in [1.165, 1.54) is 0 Å². The molecule has 0 aromatic carbocycles. The van der Waals surface area contributed by atoms with Gasteiger partial charge in [0.2, 0.25) is 0 Å². The van der Waals surface area contributed by atoms with Crippen LogP contribution in [-0.4, -0.2) is 137 Å². The maximum Gasteiger partial charge on any atom is 1.00 e. The fraction of sp³-hybridized carbons (Fsp3) is 1.00. The van der Waals surface area contributed by atoms with Gasteiger partial charge in [0.05, 0.1) is 28.1 Å². The summed E-state index contributed by atoms with van der Waals surface area (Å²) in [6, 6.07) is 0. The molecular weight excluding hydrogens is 867 g/mol. The molecule has 0 aromatic rings. The third-order valence-corrected chi connectivity index (χ3v) is 7.26. The zero-order chi connectivity index (χ0) is 43.5. The summed E-state index contributed by atoms with van der Waals surface area (Å²) < 4.78 is 377. The molecule has 0 saturated carbocycles. The van der Waals surface area contributed by atoms with Crippen LogP contribution in [0.15, 0.2) is 0 Å². The fourth-order valence-electron chi connectivity index (χ4n) is 3.68. The molecule has 2 unspecified atom stereocenters. The molecule has 0 aromatic heterocycles. The van der Waals surface area contributed by atoms with Crippen LogP contribution < -0.4 is 18.9 Å². The average Bonchev–Trinajstić information content (AvgIpc) is 2.88. The van der Waals surface area contributed by atoms with Gasteiger partial charge in [-0.2, -0.15) is 114 Å². The molecule has 320 valence electrons. The van der Waals surface area contributed by atoms with E-state index in [1.54, 1.807) is 0 Å². The summed E-state index contributed by atoms with van der Waals surface area (Å²) in [4.78, 5) is -0.567. The Morgan fingerprint density at radius 2 is 0.667 bits per heavy atom. The van der Waals surface area contributed by atoms with E-state index in [9.17, 15) is 137 Å². The maximum absolute atomic E-state index is 14.1. The summed E-state index contributed by atoms with van der Waals surface area (Å²) >= 11 is 0. The van der Waals surface area contributed by atoms with Crippen molar-refractivity contribution in [3.63, 3.8) is 0 Å². The number of aliphatic hydroxyl groups excluding tert-OH is 2. The normalized spacial score (nSPS) is 17.1. The zero-order valence-corrected chi connectivity index (χ0v) is 26.0. The third kappa shape index (κ3) is 9.80. The first-order chi connectivity index (χ1) is 22.6. The second kappa shape index (κ2) is 15.7. The van der Waals surface area contributed by atoms with Gasteiger partial charge in [-0.15, -0.1) is 0 Å². The third-order valence-electron chi connectivity index (χ3n) is 6.58. The van der Waals surface area contributed by atoms with Crippen LogP contribution in [0.1, 0.15) is 12.8 Å². The molecule has 0 rings (SSSR count). The van der Waals surface area contributed by atoms with Gasteiger partial charge in [-0.25, -0.2) is 8.42 Å². The number of rotatable bonds is 19. The molecule has 0 aliphatic heterocycles. The summed E-state index contributed by atoms with van der Waals surface area (Å²) in [7, 11) is -5.71. The molecule has 6 nitrogen and oxygen atoms in total. The van der Waals surface area contributed by atoms with Crippen LogP contribution in [0.25, 0.3) is 0 Å². The summed E-state index contributed by atoms with van der Waals surface area (Å²) in [5, 5.41) is 19.2. The van der Waals surface area contributed by atoms with Crippen molar-refractivity contribution in [1.82, 2.24) is 4.90 Å². The van der Waals surface area contributed by atoms with Gasteiger partial charge in [-0.05, 0) is 0 Å². The van der Waals surface area contributed by atoms with Crippen LogP contribution in [0.4, 0.5) is 114 Å². The molecule has 2 atom stereocenters. The van der Waals surface area contributed by atoms with E-state index >= 15 is 0 Å². The summed E-state index contributed by atoms with van der Waals surface area (Å²) in [6.07, 6.45) is -30.3. The summed E-state index contributed by atoms with van der Waals surface area (Å²) in [5.41, 5.74) is 0. The Balaban J connectivity index is 0. The van der Waals surface area contributed by atoms with Crippen LogP contribution in [0, 0.1) is 0 Å². The molecule has 0 spiro atoms. The predicted molar refractivity (Wildman–Crippen MR) is 114 cm³/mol. The zero-order valence-electron chi connectivity index (χ0n) is 25.2. The first-order valence-electron chi connectivity index (χ1n) is 12.5. The number of alkyl halides is 26. The van der Waals surface area contributed by atoms with Crippen LogP contribution in [-0.2, 0) is 10.1 Å². The Kier molecular flexibility index (Phi) is 15.9. The smallest absolute Gasteiger partial charge is 0.748 e. The Morgan fingerprint density at radius 1 is 0.444 bits per heavy atom. The van der Waals surface area contributed by atoms with Gasteiger partial charge in [0.15, 0.2) is 0 Å². The number of hydrogen-bond donors (Lipinski definition) is 2. The number of aliphatic hydroxyl groups is 2. The second-order valence-electron chi connectivity index (χ2n) is 10.7. The Hall–Kier alpha value is -1.43. The van der Waals surface area contributed by atoms with Crippen molar-refractivity contribution in [1.29, 1.82) is 0 Å². The van der Waals surface area contributed by atoms with E-state index < -0.39 is 137 Å². The molecule has 0 radical (unpaired) electrons. The molecule has 2 N–H and O–H groups in total. The van der Waals surface area contributed by atoms with Gasteiger partial charge in [-0.1, -0.05) is 0 Å². The molecule has 0 heterocycles. The molecule has 54 heavy (non-hydrogen) atoms. The fourth-order valence-corrected chi connectivity index (χ4v) is 4.16. The van der Waals surface area contributed by atoms with E-state index in [2.05, 4.69) is 0 Å². The van der Waals surface area contributed by atoms with Gasteiger partial charge in [-0.3, -0.25) is 4.90 Å². The molecule has 0 amide bonds. The van der Waals surface area contributed by atoms with Crippen molar-refractivity contribution < 1.29 is 156 Å². The van der Waals surface area contributed by atoms with Gasteiger partial charge in [0.25, 0.3) is 0 Å². The molecule has 0 aliphatic rings. The molecule has 0 aliphatic carbocycles. The largest absolute Gasteiger partial charge is 1.00 e. The number of nitrogens with zero attached hydrogens (tertiary/aromatic N) is 1. The van der Waals surface area contributed by atoms with Crippen molar-refractivity contribution in [3.05, 3.63) is 0 Å². The van der Waals surface area contributed by atoms with Crippen LogP contribution in [0.2, 0.25) is 0 Å². The van der Waals surface area contributed by atoms with Gasteiger partial charge in [0, 0.05) is 32.5 Å². The Bertz CT molecular complexity index is 1280. The topological polar surface area (TPSA) is 101 Å². The SMILES string of the molecule is O=S(=O)([O-])CCN(CC(O)CC(F)(F)C(F)(F)C(F)(F)C(F)(F)C(F)(F)C(F)(F)F)CC(O)CC(F)(F)C(F)(F)C(F)(F)C(F)(F)C(F)(F)C(F)(F)F.[Li+].